The predicted octanol–water partition coefficient (Wildman–Crippen LogP) is 3.24. The lowest BCUT2D eigenvalue weighted by atomic mass is 9.98. The number of nitrogen functional groups attached to an aromatic ring is 1. The van der Waals surface area contributed by atoms with Gasteiger partial charge in [0.15, 0.2) is 0 Å². The number of amides is 4. The fraction of sp³-hybridized carbons (Fsp3) is 0.233. The molecule has 1 aliphatic heterocycles. The molecule has 0 bridgehead atoms. The number of carbonyl (C=O) groups is 4. The molecule has 12 heteroatoms. The summed E-state index contributed by atoms with van der Waals surface area (Å²) in [6.45, 7) is -0.181. The highest BCUT2D eigenvalue weighted by Crippen LogP contribution is 2.44. The Kier molecular flexibility index (Phi) is 9.12. The number of fused-ring (bicyclic) bond motifs is 3. The molecule has 2 atom stereocenters. The highest BCUT2D eigenvalue weighted by molar-refractivity contribution is 6.04. The number of ether oxygens (including phenoxy) is 1. The molecule has 218 valence electrons. The van der Waals surface area contributed by atoms with Gasteiger partial charge in [0, 0.05) is 24.4 Å². The summed E-state index contributed by atoms with van der Waals surface area (Å²) in [5, 5.41) is 22.1. The number of alkyl carbamates (subject to hydrolysis) is 1. The van der Waals surface area contributed by atoms with Gasteiger partial charge in [0.2, 0.25) is 0 Å². The summed E-state index contributed by atoms with van der Waals surface area (Å²) in [5.41, 5.74) is 11.0. The minimum atomic E-state index is -1.37. The van der Waals surface area contributed by atoms with E-state index in [-0.39, 0.29) is 50.2 Å². The first-order chi connectivity index (χ1) is 19.7. The van der Waals surface area contributed by atoms with Crippen LogP contribution >= 0.6 is 12.4 Å². The second-order valence-electron chi connectivity index (χ2n) is 9.96. The SMILES string of the molecule is Cl.N=C(N)c1ccc(CC2NC(=O)N(CCC(NC(=O)OCC3c4ccccc4-c4ccccc43)C(=O)O)C2=O)cc1. The second-order valence-corrected chi connectivity index (χ2v) is 9.96. The molecular weight excluding hydrogens is 562 g/mol. The molecule has 3 aromatic rings. The monoisotopic (exact) mass is 591 g/mol. The topological polar surface area (TPSA) is 175 Å². The van der Waals surface area contributed by atoms with Crippen LogP contribution in [0.3, 0.4) is 0 Å². The maximum Gasteiger partial charge on any atom is 0.407 e. The minimum Gasteiger partial charge on any atom is -0.480 e. The Labute approximate surface area is 248 Å². The zero-order valence-corrected chi connectivity index (χ0v) is 23.2. The van der Waals surface area contributed by atoms with Gasteiger partial charge in [0.1, 0.15) is 24.5 Å². The largest absolute Gasteiger partial charge is 0.480 e. The van der Waals surface area contributed by atoms with Crippen molar-refractivity contribution in [3.05, 3.63) is 95.1 Å². The number of carboxylic acids is 1. The van der Waals surface area contributed by atoms with E-state index in [9.17, 15) is 24.3 Å². The summed E-state index contributed by atoms with van der Waals surface area (Å²) >= 11 is 0. The van der Waals surface area contributed by atoms with E-state index in [1.807, 2.05) is 48.5 Å². The number of nitrogens with two attached hydrogens (primary N) is 1. The first-order valence-corrected chi connectivity index (χ1v) is 13.1. The average molecular weight is 592 g/mol. The number of rotatable bonds is 10. The molecule has 0 saturated carbocycles. The number of nitrogens with one attached hydrogen (secondary N) is 3. The molecule has 6 N–H and O–H groups in total. The standard InChI is InChI=1S/C30H29N5O6.ClH/c31-26(32)18-11-9-17(10-12-18)15-25-27(36)35(29(39)33-25)14-13-24(28(37)38)34-30(40)41-16-23-21-7-3-1-5-19(21)20-6-2-4-8-22(20)23;/h1-12,23-25H,13-16H2,(H3,31,32)(H,33,39)(H,34,40)(H,37,38);1H. The minimum absolute atomic E-state index is 0. The van der Waals surface area contributed by atoms with Crippen LogP contribution < -0.4 is 16.4 Å². The van der Waals surface area contributed by atoms with Gasteiger partial charge in [-0.05, 0) is 34.2 Å². The van der Waals surface area contributed by atoms with Crippen LogP contribution in [-0.4, -0.2) is 65.1 Å². The Morgan fingerprint density at radius 2 is 1.60 bits per heavy atom. The molecule has 0 spiro atoms. The van der Waals surface area contributed by atoms with Crippen molar-refractivity contribution < 1.29 is 29.0 Å². The van der Waals surface area contributed by atoms with Gasteiger partial charge >= 0.3 is 18.1 Å². The molecule has 2 aliphatic rings. The highest BCUT2D eigenvalue weighted by atomic mass is 35.5. The van der Waals surface area contributed by atoms with Gasteiger partial charge in [0.05, 0.1) is 0 Å². The Balaban J connectivity index is 0.00000405. The summed E-state index contributed by atoms with van der Waals surface area (Å²) in [6.07, 6.45) is -0.874. The van der Waals surface area contributed by atoms with Crippen LogP contribution in [0.1, 0.15) is 34.6 Å². The first-order valence-electron chi connectivity index (χ1n) is 13.1. The Bertz CT molecular complexity index is 1480. The molecule has 1 saturated heterocycles. The molecule has 1 fully saturated rings. The van der Waals surface area contributed by atoms with Crippen molar-refractivity contribution in [1.29, 1.82) is 5.41 Å². The van der Waals surface area contributed by atoms with Gasteiger partial charge in [-0.1, -0.05) is 72.8 Å². The lowest BCUT2D eigenvalue weighted by molar-refractivity contribution is -0.140. The van der Waals surface area contributed by atoms with Gasteiger partial charge in [-0.25, -0.2) is 14.4 Å². The van der Waals surface area contributed by atoms with Crippen molar-refractivity contribution >= 4 is 42.2 Å². The molecule has 42 heavy (non-hydrogen) atoms. The summed E-state index contributed by atoms with van der Waals surface area (Å²) in [5.74, 6) is -2.06. The van der Waals surface area contributed by atoms with Crippen LogP contribution in [-0.2, 0) is 20.7 Å². The highest BCUT2D eigenvalue weighted by Gasteiger charge is 2.38. The van der Waals surface area contributed by atoms with Crippen molar-refractivity contribution in [2.75, 3.05) is 13.2 Å². The second kappa shape index (κ2) is 12.7. The van der Waals surface area contributed by atoms with Crippen molar-refractivity contribution in [1.82, 2.24) is 15.5 Å². The van der Waals surface area contributed by atoms with E-state index in [1.165, 1.54) is 0 Å². The van der Waals surface area contributed by atoms with Crippen molar-refractivity contribution in [3.8, 4) is 11.1 Å². The van der Waals surface area contributed by atoms with E-state index in [1.54, 1.807) is 24.3 Å². The van der Waals surface area contributed by atoms with E-state index in [4.69, 9.17) is 15.9 Å². The van der Waals surface area contributed by atoms with Crippen molar-refractivity contribution in [2.45, 2.75) is 30.8 Å². The number of benzene rings is 3. The molecule has 1 heterocycles. The normalized spacial score (nSPS) is 16.1. The molecule has 4 amide bonds. The fourth-order valence-corrected chi connectivity index (χ4v) is 5.28. The Morgan fingerprint density at radius 1 is 1.00 bits per heavy atom. The van der Waals surface area contributed by atoms with Crippen LogP contribution in [0, 0.1) is 5.41 Å². The van der Waals surface area contributed by atoms with E-state index >= 15 is 0 Å². The summed E-state index contributed by atoms with van der Waals surface area (Å²) < 4.78 is 5.45. The average Bonchev–Trinajstić information content (AvgIpc) is 3.42. The quantitative estimate of drug-likeness (QED) is 0.137. The number of nitrogens with zero attached hydrogens (tertiary/aromatic N) is 1. The lowest BCUT2D eigenvalue weighted by Crippen LogP contribution is -2.44. The first kappa shape index (κ1) is 30.1. The lowest BCUT2D eigenvalue weighted by Gasteiger charge is -2.19. The number of aliphatic carboxylic acids is 1. The van der Waals surface area contributed by atoms with Crippen LogP contribution in [0.15, 0.2) is 72.8 Å². The maximum absolute atomic E-state index is 12.9. The van der Waals surface area contributed by atoms with Gasteiger partial charge in [-0.3, -0.25) is 15.1 Å². The third-order valence-corrected chi connectivity index (χ3v) is 7.39. The molecule has 2 unspecified atom stereocenters. The molecular formula is C30H30ClN5O6. The number of amidine groups is 1. The molecule has 3 aromatic carbocycles. The van der Waals surface area contributed by atoms with Crippen molar-refractivity contribution in [3.63, 3.8) is 0 Å². The predicted molar refractivity (Wildman–Crippen MR) is 157 cm³/mol. The molecule has 0 aromatic heterocycles. The summed E-state index contributed by atoms with van der Waals surface area (Å²) in [4.78, 5) is 50.8. The zero-order valence-electron chi connectivity index (χ0n) is 22.4. The van der Waals surface area contributed by atoms with Gasteiger partial charge < -0.3 is 26.2 Å². The number of carbonyl (C=O) groups excluding carboxylic acids is 3. The Morgan fingerprint density at radius 3 is 2.17 bits per heavy atom. The number of hydrogen-bond acceptors (Lipinski definition) is 6. The van der Waals surface area contributed by atoms with Crippen molar-refractivity contribution in [2.24, 2.45) is 5.73 Å². The molecule has 0 radical (unpaired) electrons. The van der Waals surface area contributed by atoms with Crippen LogP contribution in [0.4, 0.5) is 9.59 Å². The fourth-order valence-electron chi connectivity index (χ4n) is 5.28. The number of urea groups is 1. The number of halogens is 1. The molecule has 11 nitrogen and oxygen atoms in total. The van der Waals surface area contributed by atoms with E-state index in [0.29, 0.717) is 5.56 Å². The summed E-state index contributed by atoms with van der Waals surface area (Å²) in [7, 11) is 0. The van der Waals surface area contributed by atoms with Crippen LogP contribution in [0.2, 0.25) is 0 Å². The maximum atomic E-state index is 12.9. The third-order valence-electron chi connectivity index (χ3n) is 7.39. The van der Waals surface area contributed by atoms with Crippen LogP contribution in [0.25, 0.3) is 11.1 Å². The number of imide groups is 1. The third kappa shape index (κ3) is 6.21. The number of hydrogen-bond donors (Lipinski definition) is 5. The van der Waals surface area contributed by atoms with Crippen LogP contribution in [0.5, 0.6) is 0 Å². The Hall–Kier alpha value is -4.90. The smallest absolute Gasteiger partial charge is 0.407 e. The van der Waals surface area contributed by atoms with E-state index in [2.05, 4.69) is 10.6 Å². The molecule has 5 rings (SSSR count). The zero-order chi connectivity index (χ0) is 29.1. The molecule has 1 aliphatic carbocycles. The summed E-state index contributed by atoms with van der Waals surface area (Å²) in [6, 6.07) is 19.7. The number of carboxylic acid groups (broad SMARTS) is 1. The van der Waals surface area contributed by atoms with E-state index in [0.717, 1.165) is 32.7 Å². The van der Waals surface area contributed by atoms with Gasteiger partial charge in [-0.15, -0.1) is 12.4 Å². The van der Waals surface area contributed by atoms with Gasteiger partial charge in [-0.2, -0.15) is 0 Å². The van der Waals surface area contributed by atoms with E-state index < -0.39 is 36.1 Å². The van der Waals surface area contributed by atoms with Gasteiger partial charge in [0.25, 0.3) is 5.91 Å².